The molecule has 1 aliphatic heterocycles. The molecule has 1 atom stereocenters. The first-order chi connectivity index (χ1) is 15.5. The van der Waals surface area contributed by atoms with Crippen molar-refractivity contribution in [2.24, 2.45) is 5.92 Å². The number of likely N-dealkylation sites (tertiary alicyclic amines) is 1. The Morgan fingerprint density at radius 3 is 2.31 bits per heavy atom. The van der Waals surface area contributed by atoms with Crippen LogP contribution in [0.5, 0.6) is 0 Å². The molecule has 32 heavy (non-hydrogen) atoms. The van der Waals surface area contributed by atoms with Gasteiger partial charge in [0.05, 0.1) is 12.6 Å². The number of aryl methyl sites for hydroxylation is 2. The number of nitrogens with one attached hydrogen (secondary N) is 1. The zero-order chi connectivity index (χ0) is 22.5. The molecule has 6 nitrogen and oxygen atoms in total. The Bertz CT molecular complexity index is 1020. The van der Waals surface area contributed by atoms with Crippen LogP contribution in [0.2, 0.25) is 0 Å². The van der Waals surface area contributed by atoms with Crippen molar-refractivity contribution in [1.29, 1.82) is 0 Å². The van der Waals surface area contributed by atoms with E-state index < -0.39 is 0 Å². The number of benzene rings is 2. The van der Waals surface area contributed by atoms with Crippen LogP contribution in [-0.4, -0.2) is 34.0 Å². The zero-order valence-electron chi connectivity index (χ0n) is 19.2. The summed E-state index contributed by atoms with van der Waals surface area (Å²) in [4.78, 5) is 19.7. The lowest BCUT2D eigenvalue weighted by Gasteiger charge is -2.31. The Labute approximate surface area is 190 Å². The number of rotatable bonds is 7. The maximum atomic E-state index is 12.9. The fourth-order valence-electron chi connectivity index (χ4n) is 4.19. The molecule has 1 fully saturated rings. The Hall–Kier alpha value is -2.99. The molecular weight excluding hydrogens is 400 g/mol. The Morgan fingerprint density at radius 1 is 1.06 bits per heavy atom. The second kappa shape index (κ2) is 10.1. The minimum Gasteiger partial charge on any atom is -0.349 e. The lowest BCUT2D eigenvalue weighted by Crippen LogP contribution is -2.41. The molecule has 1 N–H and O–H groups in total. The van der Waals surface area contributed by atoms with Crippen LogP contribution in [0, 0.1) is 19.8 Å². The SMILES string of the molecule is CCC(NC(=O)C1CCN(Cc2nc(-c3ccc(C)cc3)no2)CC1)c1ccc(C)cc1. The maximum absolute atomic E-state index is 12.9. The van der Waals surface area contributed by atoms with Gasteiger partial charge in [-0.25, -0.2) is 0 Å². The zero-order valence-corrected chi connectivity index (χ0v) is 19.2. The van der Waals surface area contributed by atoms with Crippen molar-refractivity contribution in [3.63, 3.8) is 0 Å². The first kappa shape index (κ1) is 22.2. The van der Waals surface area contributed by atoms with Gasteiger partial charge in [-0.2, -0.15) is 4.98 Å². The van der Waals surface area contributed by atoms with Crippen LogP contribution in [0.3, 0.4) is 0 Å². The first-order valence-electron chi connectivity index (χ1n) is 11.5. The van der Waals surface area contributed by atoms with E-state index in [2.05, 4.69) is 65.4 Å². The number of nitrogens with zero attached hydrogens (tertiary/aromatic N) is 3. The monoisotopic (exact) mass is 432 g/mol. The van der Waals surface area contributed by atoms with Crippen molar-refractivity contribution >= 4 is 5.91 Å². The summed E-state index contributed by atoms with van der Waals surface area (Å²) in [6, 6.07) is 16.6. The molecule has 2 aromatic carbocycles. The van der Waals surface area contributed by atoms with Crippen LogP contribution in [0.15, 0.2) is 53.1 Å². The third-order valence-electron chi connectivity index (χ3n) is 6.30. The predicted octanol–water partition coefficient (Wildman–Crippen LogP) is 4.83. The average Bonchev–Trinajstić information content (AvgIpc) is 3.27. The molecule has 6 heteroatoms. The van der Waals surface area contributed by atoms with Gasteiger partial charge in [-0.3, -0.25) is 9.69 Å². The molecule has 168 valence electrons. The van der Waals surface area contributed by atoms with Gasteiger partial charge in [0.2, 0.25) is 17.6 Å². The van der Waals surface area contributed by atoms with Crippen LogP contribution < -0.4 is 5.32 Å². The van der Waals surface area contributed by atoms with E-state index in [9.17, 15) is 4.79 Å². The third kappa shape index (κ3) is 5.43. The molecule has 0 radical (unpaired) electrons. The highest BCUT2D eigenvalue weighted by Crippen LogP contribution is 2.23. The number of carbonyl (C=O) groups is 1. The van der Waals surface area contributed by atoms with E-state index in [-0.39, 0.29) is 17.9 Å². The summed E-state index contributed by atoms with van der Waals surface area (Å²) < 4.78 is 5.47. The number of amides is 1. The van der Waals surface area contributed by atoms with Crippen LogP contribution in [0.4, 0.5) is 0 Å². The molecule has 0 spiro atoms. The van der Waals surface area contributed by atoms with Gasteiger partial charge in [0, 0.05) is 11.5 Å². The lowest BCUT2D eigenvalue weighted by molar-refractivity contribution is -0.127. The average molecular weight is 433 g/mol. The van der Waals surface area contributed by atoms with E-state index in [1.54, 1.807) is 0 Å². The van der Waals surface area contributed by atoms with E-state index in [1.165, 1.54) is 16.7 Å². The summed E-state index contributed by atoms with van der Waals surface area (Å²) in [6.07, 6.45) is 2.57. The molecular formula is C26H32N4O2. The molecule has 1 aliphatic rings. The van der Waals surface area contributed by atoms with Crippen molar-refractivity contribution in [2.45, 2.75) is 52.6 Å². The fourth-order valence-corrected chi connectivity index (χ4v) is 4.19. The van der Waals surface area contributed by atoms with Crippen molar-refractivity contribution in [1.82, 2.24) is 20.4 Å². The molecule has 1 unspecified atom stereocenters. The van der Waals surface area contributed by atoms with Crippen molar-refractivity contribution in [2.75, 3.05) is 13.1 Å². The van der Waals surface area contributed by atoms with Gasteiger partial charge < -0.3 is 9.84 Å². The molecule has 3 aromatic rings. The summed E-state index contributed by atoms with van der Waals surface area (Å²) >= 11 is 0. The van der Waals surface area contributed by atoms with Crippen LogP contribution in [0.25, 0.3) is 11.4 Å². The van der Waals surface area contributed by atoms with Crippen LogP contribution in [-0.2, 0) is 11.3 Å². The predicted molar refractivity (Wildman–Crippen MR) is 125 cm³/mol. The van der Waals surface area contributed by atoms with E-state index >= 15 is 0 Å². The van der Waals surface area contributed by atoms with E-state index in [0.717, 1.165) is 37.9 Å². The number of carbonyl (C=O) groups excluding carboxylic acids is 1. The second-order valence-corrected chi connectivity index (χ2v) is 8.81. The standard InChI is InChI=1S/C26H32N4O2/c1-4-23(20-9-5-18(2)6-10-20)27-26(31)22-13-15-30(16-14-22)17-24-28-25(29-32-24)21-11-7-19(3)8-12-21/h5-12,22-23H,4,13-17H2,1-3H3,(H,27,31). The third-order valence-corrected chi connectivity index (χ3v) is 6.30. The highest BCUT2D eigenvalue weighted by molar-refractivity contribution is 5.79. The normalized spacial score (nSPS) is 16.1. The summed E-state index contributed by atoms with van der Waals surface area (Å²) in [6.45, 7) is 8.56. The lowest BCUT2D eigenvalue weighted by atomic mass is 9.94. The molecule has 2 heterocycles. The largest absolute Gasteiger partial charge is 0.349 e. The van der Waals surface area contributed by atoms with Crippen molar-refractivity contribution in [3.05, 3.63) is 71.1 Å². The van der Waals surface area contributed by atoms with Gasteiger partial charge in [-0.1, -0.05) is 71.7 Å². The van der Waals surface area contributed by atoms with Gasteiger partial charge in [0.15, 0.2) is 0 Å². The summed E-state index contributed by atoms with van der Waals surface area (Å²) in [5.41, 5.74) is 4.56. The van der Waals surface area contributed by atoms with Gasteiger partial charge in [0.1, 0.15) is 0 Å². The molecule has 1 saturated heterocycles. The minimum atomic E-state index is 0.0524. The fraction of sp³-hybridized carbons (Fsp3) is 0.423. The van der Waals surface area contributed by atoms with Gasteiger partial charge in [-0.15, -0.1) is 0 Å². The Balaban J connectivity index is 1.28. The second-order valence-electron chi connectivity index (χ2n) is 8.81. The molecule has 4 rings (SSSR count). The van der Waals surface area contributed by atoms with Crippen molar-refractivity contribution < 1.29 is 9.32 Å². The Morgan fingerprint density at radius 2 is 1.69 bits per heavy atom. The van der Waals surface area contributed by atoms with Crippen molar-refractivity contribution in [3.8, 4) is 11.4 Å². The molecule has 0 saturated carbocycles. The van der Waals surface area contributed by atoms with E-state index in [0.29, 0.717) is 18.3 Å². The smallest absolute Gasteiger partial charge is 0.241 e. The first-order valence-corrected chi connectivity index (χ1v) is 11.5. The highest BCUT2D eigenvalue weighted by Gasteiger charge is 2.27. The van der Waals surface area contributed by atoms with Gasteiger partial charge in [-0.05, 0) is 51.8 Å². The quantitative estimate of drug-likeness (QED) is 0.579. The van der Waals surface area contributed by atoms with E-state index in [1.807, 2.05) is 24.3 Å². The summed E-state index contributed by atoms with van der Waals surface area (Å²) in [7, 11) is 0. The number of piperidine rings is 1. The molecule has 0 aliphatic carbocycles. The number of hydrogen-bond acceptors (Lipinski definition) is 5. The van der Waals surface area contributed by atoms with E-state index in [4.69, 9.17) is 4.52 Å². The molecule has 1 amide bonds. The van der Waals surface area contributed by atoms with Gasteiger partial charge >= 0.3 is 0 Å². The minimum absolute atomic E-state index is 0.0524. The topological polar surface area (TPSA) is 71.3 Å². The summed E-state index contributed by atoms with van der Waals surface area (Å²) in [5, 5.41) is 7.39. The molecule has 0 bridgehead atoms. The maximum Gasteiger partial charge on any atom is 0.241 e. The highest BCUT2D eigenvalue weighted by atomic mass is 16.5. The molecule has 1 aromatic heterocycles. The number of aromatic nitrogens is 2. The van der Waals surface area contributed by atoms with Crippen LogP contribution >= 0.6 is 0 Å². The Kier molecular flexibility index (Phi) is 7.00. The summed E-state index contributed by atoms with van der Waals surface area (Å²) in [5.74, 6) is 1.46. The number of hydrogen-bond donors (Lipinski definition) is 1. The van der Waals surface area contributed by atoms with Gasteiger partial charge in [0.25, 0.3) is 0 Å². The van der Waals surface area contributed by atoms with Crippen LogP contribution in [0.1, 0.15) is 54.8 Å².